The van der Waals surface area contributed by atoms with Crippen molar-refractivity contribution in [3.8, 4) is 5.75 Å². The molecule has 7 nitrogen and oxygen atoms in total. The molecule has 1 heterocycles. The molecule has 4 aromatic rings. The van der Waals surface area contributed by atoms with Crippen LogP contribution in [-0.2, 0) is 45.2 Å². The van der Waals surface area contributed by atoms with Crippen LogP contribution in [0.25, 0.3) is 0 Å². The Kier molecular flexibility index (Phi) is 12.6. The predicted molar refractivity (Wildman–Crippen MR) is 157 cm³/mol. The highest BCUT2D eigenvalue weighted by Crippen LogP contribution is 2.19. The molecule has 0 aliphatic rings. The monoisotopic (exact) mass is 558 g/mol. The van der Waals surface area contributed by atoms with Crippen molar-refractivity contribution in [1.82, 2.24) is 0 Å². The molecule has 0 fully saturated rings. The number of rotatable bonds is 18. The maximum Gasteiger partial charge on any atom is 0.185 e. The van der Waals surface area contributed by atoms with Gasteiger partial charge in [-0.2, -0.15) is 0 Å². The Morgan fingerprint density at radius 2 is 1.37 bits per heavy atom. The lowest BCUT2D eigenvalue weighted by molar-refractivity contribution is -0.114. The molecule has 7 heteroatoms. The van der Waals surface area contributed by atoms with Gasteiger partial charge in [-0.05, 0) is 35.2 Å². The van der Waals surface area contributed by atoms with E-state index in [4.69, 9.17) is 28.1 Å². The summed E-state index contributed by atoms with van der Waals surface area (Å²) in [5.41, 5.74) is 3.13. The van der Waals surface area contributed by atoms with Crippen molar-refractivity contribution in [3.63, 3.8) is 0 Å². The van der Waals surface area contributed by atoms with E-state index in [2.05, 4.69) is 0 Å². The summed E-state index contributed by atoms with van der Waals surface area (Å²) in [6.07, 6.45) is 2.60. The van der Waals surface area contributed by atoms with Gasteiger partial charge in [-0.15, -0.1) is 0 Å². The zero-order valence-corrected chi connectivity index (χ0v) is 23.5. The van der Waals surface area contributed by atoms with Crippen LogP contribution in [0.2, 0.25) is 0 Å². The highest BCUT2D eigenvalue weighted by molar-refractivity contribution is 5.26. The first-order chi connectivity index (χ1) is 20.2. The normalized spacial score (nSPS) is 12.6. The summed E-state index contributed by atoms with van der Waals surface area (Å²) >= 11 is 0. The Labute approximate surface area is 241 Å². The first-order valence-corrected chi connectivity index (χ1v) is 13.8. The molecule has 3 aromatic carbocycles. The second kappa shape index (κ2) is 17.1. The van der Waals surface area contributed by atoms with Crippen LogP contribution in [0.4, 0.5) is 0 Å². The Bertz CT molecular complexity index is 1310. The summed E-state index contributed by atoms with van der Waals surface area (Å²) in [5.74, 6) is 1.35. The van der Waals surface area contributed by atoms with Crippen molar-refractivity contribution in [3.05, 3.63) is 136 Å². The highest BCUT2D eigenvalue weighted by Gasteiger charge is 2.20. The van der Waals surface area contributed by atoms with Crippen molar-refractivity contribution in [2.75, 3.05) is 20.5 Å². The molecule has 216 valence electrons. The van der Waals surface area contributed by atoms with E-state index in [9.17, 15) is 4.79 Å². The Hall–Kier alpha value is -3.75. The maximum atomic E-state index is 11.9. The van der Waals surface area contributed by atoms with E-state index in [-0.39, 0.29) is 24.4 Å². The molecule has 0 aliphatic carbocycles. The lowest BCUT2D eigenvalue weighted by Crippen LogP contribution is -2.27. The minimum atomic E-state index is -0.300. The summed E-state index contributed by atoms with van der Waals surface area (Å²) in [6, 6.07) is 30.8. The van der Waals surface area contributed by atoms with E-state index in [1.807, 2.05) is 84.9 Å². The quantitative estimate of drug-likeness (QED) is 0.104. The molecule has 41 heavy (non-hydrogen) atoms. The third-order valence-corrected chi connectivity index (χ3v) is 6.55. The minimum absolute atomic E-state index is 0.104. The van der Waals surface area contributed by atoms with Gasteiger partial charge in [0.05, 0.1) is 45.4 Å². The summed E-state index contributed by atoms with van der Waals surface area (Å²) < 4.78 is 35.2. The average Bonchev–Trinajstić information content (AvgIpc) is 3.01. The molecule has 0 saturated carbocycles. The SMILES string of the molecule is COc1ccc(CO[C@@H](CCOCc2ccccc2)C[C@@H](Cc2cc(=O)cco2)OCOCc2ccccc2)cc1. The van der Waals surface area contributed by atoms with E-state index in [0.717, 1.165) is 22.4 Å². The van der Waals surface area contributed by atoms with Gasteiger partial charge in [-0.3, -0.25) is 4.79 Å². The molecule has 0 bridgehead atoms. The van der Waals surface area contributed by atoms with Crippen molar-refractivity contribution < 1.29 is 28.1 Å². The Balaban J connectivity index is 1.38. The number of benzene rings is 3. The fraction of sp³-hybridized carbons (Fsp3) is 0.324. The van der Waals surface area contributed by atoms with E-state index in [1.165, 1.54) is 18.4 Å². The molecule has 1 aromatic heterocycles. The second-order valence-electron chi connectivity index (χ2n) is 9.72. The van der Waals surface area contributed by atoms with Gasteiger partial charge in [0, 0.05) is 31.6 Å². The van der Waals surface area contributed by atoms with E-state index in [1.54, 1.807) is 7.11 Å². The fourth-order valence-corrected chi connectivity index (χ4v) is 4.33. The molecular weight excluding hydrogens is 520 g/mol. The van der Waals surface area contributed by atoms with Crippen LogP contribution in [0.5, 0.6) is 5.75 Å². The average molecular weight is 559 g/mol. The summed E-state index contributed by atoms with van der Waals surface area (Å²) in [5, 5.41) is 0. The number of hydrogen-bond donors (Lipinski definition) is 0. The van der Waals surface area contributed by atoms with Crippen LogP contribution < -0.4 is 10.2 Å². The molecule has 0 spiro atoms. The van der Waals surface area contributed by atoms with Gasteiger partial charge in [-0.1, -0.05) is 72.8 Å². The van der Waals surface area contributed by atoms with Crippen LogP contribution in [0.15, 0.2) is 113 Å². The maximum absolute atomic E-state index is 11.9. The Morgan fingerprint density at radius 3 is 2.02 bits per heavy atom. The minimum Gasteiger partial charge on any atom is -0.497 e. The van der Waals surface area contributed by atoms with E-state index >= 15 is 0 Å². The van der Waals surface area contributed by atoms with Crippen LogP contribution in [0, 0.1) is 0 Å². The first-order valence-electron chi connectivity index (χ1n) is 13.8. The summed E-state index contributed by atoms with van der Waals surface area (Å²) in [4.78, 5) is 11.9. The predicted octanol–water partition coefficient (Wildman–Crippen LogP) is 6.33. The smallest absolute Gasteiger partial charge is 0.185 e. The van der Waals surface area contributed by atoms with Crippen molar-refractivity contribution in [2.45, 2.75) is 51.3 Å². The number of hydrogen-bond acceptors (Lipinski definition) is 7. The Morgan fingerprint density at radius 1 is 0.707 bits per heavy atom. The topological polar surface area (TPSA) is 76.4 Å². The van der Waals surface area contributed by atoms with Crippen molar-refractivity contribution >= 4 is 0 Å². The number of methoxy groups -OCH3 is 1. The van der Waals surface area contributed by atoms with Crippen LogP contribution in [0.1, 0.15) is 35.3 Å². The molecule has 0 aliphatic heterocycles. The van der Waals surface area contributed by atoms with Crippen LogP contribution >= 0.6 is 0 Å². The van der Waals surface area contributed by atoms with Gasteiger partial charge in [-0.25, -0.2) is 0 Å². The molecule has 0 amide bonds. The van der Waals surface area contributed by atoms with Gasteiger partial charge < -0.3 is 28.1 Å². The second-order valence-corrected chi connectivity index (χ2v) is 9.72. The van der Waals surface area contributed by atoms with Crippen LogP contribution in [0.3, 0.4) is 0 Å². The standard InChI is InChI=1S/C34H38O7/c1-36-31-14-12-29(13-15-31)25-40-32(17-18-37-23-27-8-4-2-5-9-27)21-34(22-33-20-30(35)16-19-39-33)41-26-38-24-28-10-6-3-7-11-28/h2-16,19-20,32,34H,17-18,21-26H2,1H3/t32-,34-/m0/s1. The lowest BCUT2D eigenvalue weighted by Gasteiger charge is -2.24. The summed E-state index contributed by atoms with van der Waals surface area (Å²) in [7, 11) is 1.65. The zero-order chi connectivity index (χ0) is 28.5. The fourth-order valence-electron chi connectivity index (χ4n) is 4.33. The van der Waals surface area contributed by atoms with Gasteiger partial charge in [0.2, 0.25) is 0 Å². The molecule has 2 atom stereocenters. The van der Waals surface area contributed by atoms with E-state index < -0.39 is 0 Å². The molecule has 4 rings (SSSR count). The highest BCUT2D eigenvalue weighted by atomic mass is 16.7. The third-order valence-electron chi connectivity index (χ3n) is 6.55. The van der Waals surface area contributed by atoms with Gasteiger partial charge in [0.15, 0.2) is 5.43 Å². The van der Waals surface area contributed by atoms with Gasteiger partial charge in [0.1, 0.15) is 18.3 Å². The number of ether oxygens (including phenoxy) is 5. The van der Waals surface area contributed by atoms with Crippen LogP contribution in [-0.4, -0.2) is 32.7 Å². The molecule has 0 N–H and O–H groups in total. The molecular formula is C34H38O7. The van der Waals surface area contributed by atoms with Gasteiger partial charge in [0.25, 0.3) is 0 Å². The van der Waals surface area contributed by atoms with Gasteiger partial charge >= 0.3 is 0 Å². The summed E-state index contributed by atoms with van der Waals surface area (Å²) in [6.45, 7) is 2.05. The molecule has 0 radical (unpaired) electrons. The molecule has 0 unspecified atom stereocenters. The lowest BCUT2D eigenvalue weighted by atomic mass is 10.0. The molecule has 0 saturated heterocycles. The van der Waals surface area contributed by atoms with Crippen molar-refractivity contribution in [1.29, 1.82) is 0 Å². The zero-order valence-electron chi connectivity index (χ0n) is 23.5. The van der Waals surface area contributed by atoms with E-state index in [0.29, 0.717) is 51.5 Å². The third kappa shape index (κ3) is 11.3. The first kappa shape index (κ1) is 30.2. The van der Waals surface area contributed by atoms with Crippen molar-refractivity contribution in [2.24, 2.45) is 0 Å². The largest absolute Gasteiger partial charge is 0.497 e.